The molecule has 1 fully saturated rings. The summed E-state index contributed by atoms with van der Waals surface area (Å²) in [6.07, 6.45) is 1.70. The van der Waals surface area contributed by atoms with Gasteiger partial charge in [0.15, 0.2) is 6.10 Å². The van der Waals surface area contributed by atoms with E-state index in [1.54, 1.807) is 19.1 Å². The molecule has 0 aliphatic heterocycles. The average molecular weight is 325 g/mol. The van der Waals surface area contributed by atoms with Gasteiger partial charge in [0.2, 0.25) is 0 Å². The van der Waals surface area contributed by atoms with Crippen LogP contribution >= 0.6 is 0 Å². The molecule has 3 rings (SSSR count). The zero-order chi connectivity index (χ0) is 16.9. The molecule has 0 spiro atoms. The molecular weight excluding hydrogens is 302 g/mol. The smallest absolute Gasteiger partial charge is 0.261 e. The maximum atomic E-state index is 12.5. The van der Waals surface area contributed by atoms with Crippen LogP contribution in [0, 0.1) is 5.92 Å². The van der Waals surface area contributed by atoms with Crippen LogP contribution in [-0.4, -0.2) is 17.1 Å². The topological polar surface area (TPSA) is 58.6 Å². The summed E-state index contributed by atoms with van der Waals surface area (Å²) < 4.78 is 5.73. The number of benzene rings is 2. The minimum Gasteiger partial charge on any atom is -0.481 e. The largest absolute Gasteiger partial charge is 0.481 e. The maximum absolute atomic E-state index is 12.5. The van der Waals surface area contributed by atoms with Crippen LogP contribution in [0.5, 0.6) is 5.75 Å². The SMILES string of the molecule is CC(Oc1cccc(CO)c1)C(=O)NC(c1ccccc1)C1CC1. The molecule has 0 heterocycles. The van der Waals surface area contributed by atoms with Crippen molar-refractivity contribution in [3.63, 3.8) is 0 Å². The number of hydrogen-bond donors (Lipinski definition) is 2. The highest BCUT2D eigenvalue weighted by atomic mass is 16.5. The molecule has 1 aliphatic rings. The number of hydrogen-bond acceptors (Lipinski definition) is 3. The second-order valence-corrected chi connectivity index (χ2v) is 6.30. The lowest BCUT2D eigenvalue weighted by Crippen LogP contribution is -2.39. The first-order chi connectivity index (χ1) is 11.7. The van der Waals surface area contributed by atoms with Crippen LogP contribution < -0.4 is 10.1 Å². The second-order valence-electron chi connectivity index (χ2n) is 6.30. The van der Waals surface area contributed by atoms with E-state index in [0.717, 1.165) is 24.0 Å². The van der Waals surface area contributed by atoms with Crippen LogP contribution in [0.2, 0.25) is 0 Å². The molecule has 2 atom stereocenters. The predicted molar refractivity (Wildman–Crippen MR) is 92.5 cm³/mol. The van der Waals surface area contributed by atoms with E-state index in [1.807, 2.05) is 30.3 Å². The predicted octanol–water partition coefficient (Wildman–Crippen LogP) is 3.21. The highest BCUT2D eigenvalue weighted by molar-refractivity contribution is 5.81. The fourth-order valence-electron chi connectivity index (χ4n) is 2.81. The molecule has 24 heavy (non-hydrogen) atoms. The molecule has 2 aromatic carbocycles. The quantitative estimate of drug-likeness (QED) is 0.822. The van der Waals surface area contributed by atoms with Crippen LogP contribution in [0.25, 0.3) is 0 Å². The first-order valence-electron chi connectivity index (χ1n) is 8.39. The van der Waals surface area contributed by atoms with Gasteiger partial charge in [0.05, 0.1) is 12.6 Å². The van der Waals surface area contributed by atoms with E-state index < -0.39 is 6.10 Å². The van der Waals surface area contributed by atoms with E-state index in [0.29, 0.717) is 11.7 Å². The van der Waals surface area contributed by atoms with Crippen molar-refractivity contribution in [1.29, 1.82) is 0 Å². The van der Waals surface area contributed by atoms with Crippen LogP contribution in [0.4, 0.5) is 0 Å². The van der Waals surface area contributed by atoms with Crippen molar-refractivity contribution >= 4 is 5.91 Å². The Hall–Kier alpha value is -2.33. The summed E-state index contributed by atoms with van der Waals surface area (Å²) in [5, 5.41) is 12.3. The van der Waals surface area contributed by atoms with E-state index in [1.165, 1.54) is 0 Å². The summed E-state index contributed by atoms with van der Waals surface area (Å²) in [7, 11) is 0. The fraction of sp³-hybridized carbons (Fsp3) is 0.350. The molecular formula is C20H23NO3. The summed E-state index contributed by atoms with van der Waals surface area (Å²) in [5.41, 5.74) is 1.91. The first-order valence-corrected chi connectivity index (χ1v) is 8.39. The summed E-state index contributed by atoms with van der Waals surface area (Å²) in [6, 6.07) is 17.3. The van der Waals surface area contributed by atoms with Gasteiger partial charge in [-0.25, -0.2) is 0 Å². The van der Waals surface area contributed by atoms with Crippen molar-refractivity contribution in [3.05, 3.63) is 65.7 Å². The summed E-state index contributed by atoms with van der Waals surface area (Å²) in [4.78, 5) is 12.5. The summed E-state index contributed by atoms with van der Waals surface area (Å²) in [5.74, 6) is 0.985. The fourth-order valence-corrected chi connectivity index (χ4v) is 2.81. The number of rotatable bonds is 7. The second kappa shape index (κ2) is 7.49. The van der Waals surface area contributed by atoms with Crippen molar-refractivity contribution in [2.45, 2.75) is 38.5 Å². The molecule has 2 N–H and O–H groups in total. The zero-order valence-electron chi connectivity index (χ0n) is 13.8. The molecule has 1 aliphatic carbocycles. The van der Waals surface area contributed by atoms with Gasteiger partial charge in [-0.2, -0.15) is 0 Å². The van der Waals surface area contributed by atoms with Gasteiger partial charge >= 0.3 is 0 Å². The third-order valence-electron chi connectivity index (χ3n) is 4.31. The Balaban J connectivity index is 1.64. The van der Waals surface area contributed by atoms with Crippen LogP contribution in [0.1, 0.15) is 36.9 Å². The van der Waals surface area contributed by atoms with Gasteiger partial charge in [-0.3, -0.25) is 4.79 Å². The standard InChI is InChI=1S/C20H23NO3/c1-14(24-18-9-5-6-15(12-18)13-22)20(23)21-19(17-10-11-17)16-7-3-2-4-8-16/h2-9,12,14,17,19,22H,10-11,13H2,1H3,(H,21,23). The Bertz CT molecular complexity index is 682. The Morgan fingerprint density at radius 3 is 2.62 bits per heavy atom. The monoisotopic (exact) mass is 325 g/mol. The average Bonchev–Trinajstić information content (AvgIpc) is 3.45. The van der Waals surface area contributed by atoms with Gasteiger partial charge in [-0.15, -0.1) is 0 Å². The van der Waals surface area contributed by atoms with Crippen molar-refractivity contribution in [1.82, 2.24) is 5.32 Å². The minimum absolute atomic E-state index is 0.0461. The van der Waals surface area contributed by atoms with E-state index in [-0.39, 0.29) is 18.6 Å². The molecule has 0 aromatic heterocycles. The Labute approximate surface area is 142 Å². The number of aliphatic hydroxyl groups excluding tert-OH is 1. The Kier molecular flexibility index (Phi) is 5.16. The van der Waals surface area contributed by atoms with Gasteiger partial charge in [0.1, 0.15) is 5.75 Å². The van der Waals surface area contributed by atoms with Crippen LogP contribution in [0.3, 0.4) is 0 Å². The third kappa shape index (κ3) is 4.15. The number of carbonyl (C=O) groups is 1. The molecule has 4 nitrogen and oxygen atoms in total. The number of ether oxygens (including phenoxy) is 1. The minimum atomic E-state index is -0.594. The lowest BCUT2D eigenvalue weighted by Gasteiger charge is -2.22. The molecule has 0 bridgehead atoms. The molecule has 1 amide bonds. The first kappa shape index (κ1) is 16.5. The molecule has 2 unspecified atom stereocenters. The lowest BCUT2D eigenvalue weighted by molar-refractivity contribution is -0.128. The van der Waals surface area contributed by atoms with Crippen molar-refractivity contribution in [3.8, 4) is 5.75 Å². The normalized spacial score (nSPS) is 16.2. The summed E-state index contributed by atoms with van der Waals surface area (Å²) >= 11 is 0. The molecule has 126 valence electrons. The van der Waals surface area contributed by atoms with Crippen molar-refractivity contribution in [2.24, 2.45) is 5.92 Å². The molecule has 2 aromatic rings. The number of aliphatic hydroxyl groups is 1. The number of nitrogens with one attached hydrogen (secondary N) is 1. The third-order valence-corrected chi connectivity index (χ3v) is 4.31. The van der Waals surface area contributed by atoms with Gasteiger partial charge in [-0.1, -0.05) is 42.5 Å². The van der Waals surface area contributed by atoms with Crippen LogP contribution in [0.15, 0.2) is 54.6 Å². The highest BCUT2D eigenvalue weighted by Gasteiger charge is 2.34. The van der Waals surface area contributed by atoms with E-state index in [4.69, 9.17) is 4.74 Å². The van der Waals surface area contributed by atoms with Gasteiger partial charge < -0.3 is 15.2 Å². The highest BCUT2D eigenvalue weighted by Crippen LogP contribution is 2.41. The molecule has 4 heteroatoms. The molecule has 0 radical (unpaired) electrons. The van der Waals surface area contributed by atoms with Crippen molar-refractivity contribution < 1.29 is 14.6 Å². The molecule has 0 saturated heterocycles. The van der Waals surface area contributed by atoms with Gasteiger partial charge in [0, 0.05) is 0 Å². The number of amides is 1. The maximum Gasteiger partial charge on any atom is 0.261 e. The van der Waals surface area contributed by atoms with E-state index in [2.05, 4.69) is 17.4 Å². The summed E-state index contributed by atoms with van der Waals surface area (Å²) in [6.45, 7) is 1.70. The Morgan fingerprint density at radius 2 is 1.96 bits per heavy atom. The lowest BCUT2D eigenvalue weighted by atomic mass is 10.0. The Morgan fingerprint density at radius 1 is 1.21 bits per heavy atom. The number of carbonyl (C=O) groups excluding carboxylic acids is 1. The van der Waals surface area contributed by atoms with E-state index >= 15 is 0 Å². The van der Waals surface area contributed by atoms with E-state index in [9.17, 15) is 9.90 Å². The van der Waals surface area contributed by atoms with Gasteiger partial charge in [-0.05, 0) is 48.9 Å². The van der Waals surface area contributed by atoms with Gasteiger partial charge in [0.25, 0.3) is 5.91 Å². The van der Waals surface area contributed by atoms with Crippen LogP contribution in [-0.2, 0) is 11.4 Å². The molecule has 1 saturated carbocycles. The van der Waals surface area contributed by atoms with Crippen molar-refractivity contribution in [2.75, 3.05) is 0 Å². The zero-order valence-corrected chi connectivity index (χ0v) is 13.8.